The van der Waals surface area contributed by atoms with E-state index in [0.717, 1.165) is 26.1 Å². The van der Waals surface area contributed by atoms with Gasteiger partial charge in [0.15, 0.2) is 5.82 Å². The molecule has 0 N–H and O–H groups in total. The summed E-state index contributed by atoms with van der Waals surface area (Å²) in [5, 5.41) is 0. The Kier molecular flexibility index (Phi) is 3.96. The van der Waals surface area contributed by atoms with Crippen molar-refractivity contribution in [1.29, 1.82) is 0 Å². The van der Waals surface area contributed by atoms with Crippen molar-refractivity contribution in [3.8, 4) is 0 Å². The number of halogens is 1. The Morgan fingerprint density at radius 2 is 1.95 bits per heavy atom. The maximum atomic E-state index is 13.0. The molecule has 3 aliphatic rings. The number of hydrogen-bond donors (Lipinski definition) is 0. The molecule has 4 rings (SSSR count). The largest absolute Gasteiger partial charge is 0.374 e. The molecule has 5 nitrogen and oxygen atoms in total. The zero-order chi connectivity index (χ0) is 14.9. The fourth-order valence-electron chi connectivity index (χ4n) is 4.20. The Morgan fingerprint density at radius 1 is 1.18 bits per heavy atom. The Balaban J connectivity index is 1.35. The molecule has 0 unspecified atom stereocenters. The van der Waals surface area contributed by atoms with Crippen LogP contribution >= 0.6 is 0 Å². The summed E-state index contributed by atoms with van der Waals surface area (Å²) in [7, 11) is 0. The van der Waals surface area contributed by atoms with Crippen LogP contribution in [0.4, 0.5) is 10.3 Å². The lowest BCUT2D eigenvalue weighted by atomic mass is 10.1. The summed E-state index contributed by atoms with van der Waals surface area (Å²) < 4.78 is 19.2. The maximum Gasteiger partial charge on any atom is 0.225 e. The number of aromatic nitrogens is 2. The van der Waals surface area contributed by atoms with Crippen LogP contribution in [0.3, 0.4) is 0 Å². The van der Waals surface area contributed by atoms with E-state index in [4.69, 9.17) is 4.74 Å². The molecule has 0 radical (unpaired) electrons. The molecular formula is C16H23FN4O. The predicted octanol–water partition coefficient (Wildman–Crippen LogP) is 1.70. The molecule has 6 heteroatoms. The van der Waals surface area contributed by atoms with E-state index < -0.39 is 0 Å². The summed E-state index contributed by atoms with van der Waals surface area (Å²) in [5.41, 5.74) is 0. The van der Waals surface area contributed by atoms with Crippen LogP contribution in [0.15, 0.2) is 12.4 Å². The van der Waals surface area contributed by atoms with Crippen molar-refractivity contribution < 1.29 is 9.13 Å². The molecule has 3 fully saturated rings. The van der Waals surface area contributed by atoms with Gasteiger partial charge < -0.3 is 14.5 Å². The first-order valence-corrected chi connectivity index (χ1v) is 8.39. The van der Waals surface area contributed by atoms with Gasteiger partial charge >= 0.3 is 0 Å². The second-order valence-corrected chi connectivity index (χ2v) is 6.64. The maximum absolute atomic E-state index is 13.0. The van der Waals surface area contributed by atoms with Gasteiger partial charge in [-0.3, -0.25) is 0 Å². The third kappa shape index (κ3) is 2.70. The summed E-state index contributed by atoms with van der Waals surface area (Å²) in [6.07, 6.45) is 7.77. The van der Waals surface area contributed by atoms with Gasteiger partial charge in [-0.25, -0.2) is 14.4 Å². The molecule has 0 aromatic carbocycles. The Morgan fingerprint density at radius 3 is 2.73 bits per heavy atom. The van der Waals surface area contributed by atoms with Crippen molar-refractivity contribution >= 4 is 5.95 Å². The van der Waals surface area contributed by atoms with Crippen LogP contribution in [0.2, 0.25) is 0 Å². The average Bonchev–Trinajstić information content (AvgIpc) is 3.25. The normalized spacial score (nSPS) is 31.3. The number of ether oxygens (including phenoxy) is 1. The Labute approximate surface area is 130 Å². The van der Waals surface area contributed by atoms with E-state index >= 15 is 0 Å². The van der Waals surface area contributed by atoms with Gasteiger partial charge in [0.1, 0.15) is 0 Å². The minimum Gasteiger partial charge on any atom is -0.374 e. The monoisotopic (exact) mass is 306 g/mol. The van der Waals surface area contributed by atoms with Crippen LogP contribution in [0.1, 0.15) is 25.7 Å². The number of piperidine rings is 1. The molecule has 1 aliphatic carbocycles. The number of nitrogens with zero attached hydrogens (tertiary/aromatic N) is 4. The number of likely N-dealkylation sites (tertiary alicyclic amines) is 1. The van der Waals surface area contributed by atoms with Gasteiger partial charge in [0.2, 0.25) is 5.95 Å². The van der Waals surface area contributed by atoms with Crippen LogP contribution in [0.25, 0.3) is 0 Å². The molecule has 1 aromatic rings. The van der Waals surface area contributed by atoms with Crippen molar-refractivity contribution in [2.24, 2.45) is 5.92 Å². The van der Waals surface area contributed by atoms with Gasteiger partial charge in [-0.2, -0.15) is 0 Å². The fraction of sp³-hybridized carbons (Fsp3) is 0.750. The number of rotatable bonds is 5. The van der Waals surface area contributed by atoms with Crippen molar-refractivity contribution in [1.82, 2.24) is 14.9 Å². The molecule has 22 heavy (non-hydrogen) atoms. The van der Waals surface area contributed by atoms with Crippen molar-refractivity contribution in [2.75, 3.05) is 37.7 Å². The van der Waals surface area contributed by atoms with E-state index in [9.17, 15) is 4.39 Å². The van der Waals surface area contributed by atoms with Gasteiger partial charge in [-0.15, -0.1) is 0 Å². The number of hydrogen-bond acceptors (Lipinski definition) is 5. The topological polar surface area (TPSA) is 41.5 Å². The van der Waals surface area contributed by atoms with Crippen molar-refractivity contribution in [3.05, 3.63) is 18.2 Å². The van der Waals surface area contributed by atoms with E-state index in [-0.39, 0.29) is 11.9 Å². The third-order valence-corrected chi connectivity index (χ3v) is 5.29. The summed E-state index contributed by atoms with van der Waals surface area (Å²) in [6.45, 7) is 5.23. The molecule has 0 amide bonds. The molecule has 2 bridgehead atoms. The van der Waals surface area contributed by atoms with E-state index in [1.165, 1.54) is 44.7 Å². The smallest absolute Gasteiger partial charge is 0.225 e. The molecule has 1 saturated carbocycles. The van der Waals surface area contributed by atoms with Crippen LogP contribution < -0.4 is 4.90 Å². The highest BCUT2D eigenvalue weighted by molar-refractivity contribution is 5.36. The van der Waals surface area contributed by atoms with Crippen molar-refractivity contribution in [3.63, 3.8) is 0 Å². The first-order chi connectivity index (χ1) is 10.8. The second kappa shape index (κ2) is 6.08. The standard InChI is InChI=1S/C16H23FN4O/c17-13-9-18-16(19-10-13)21-11-12-3-4-14(21)15(12)22-8-7-20-5-1-2-6-20/h9-10,12,14-15H,1-8,11H2/t12-,14+,15-/m1/s1. The SMILES string of the molecule is Fc1cnc(N2C[C@H]3CC[C@H]2[C@@H]3OCCN2CCCC2)nc1. The molecule has 2 saturated heterocycles. The van der Waals surface area contributed by atoms with E-state index in [0.29, 0.717) is 17.9 Å². The van der Waals surface area contributed by atoms with Gasteiger partial charge in [-0.05, 0) is 38.8 Å². The van der Waals surface area contributed by atoms with Gasteiger partial charge in [0.05, 0.1) is 31.1 Å². The highest BCUT2D eigenvalue weighted by atomic mass is 19.1. The van der Waals surface area contributed by atoms with E-state index in [1.807, 2.05) is 0 Å². The minimum absolute atomic E-state index is 0.288. The predicted molar refractivity (Wildman–Crippen MR) is 81.3 cm³/mol. The lowest BCUT2D eigenvalue weighted by molar-refractivity contribution is 0.0282. The average molecular weight is 306 g/mol. The lowest BCUT2D eigenvalue weighted by Crippen LogP contribution is -2.37. The molecule has 120 valence electrons. The minimum atomic E-state index is -0.383. The molecular weight excluding hydrogens is 283 g/mol. The van der Waals surface area contributed by atoms with Crippen LogP contribution in [0.5, 0.6) is 0 Å². The van der Waals surface area contributed by atoms with Crippen molar-refractivity contribution in [2.45, 2.75) is 37.8 Å². The third-order valence-electron chi connectivity index (χ3n) is 5.29. The Bertz CT molecular complexity index is 505. The zero-order valence-electron chi connectivity index (χ0n) is 12.8. The quantitative estimate of drug-likeness (QED) is 0.828. The van der Waals surface area contributed by atoms with Crippen LogP contribution in [0, 0.1) is 11.7 Å². The van der Waals surface area contributed by atoms with Gasteiger partial charge in [-0.1, -0.05) is 0 Å². The van der Waals surface area contributed by atoms with Crippen LogP contribution in [-0.2, 0) is 4.74 Å². The Hall–Kier alpha value is -1.27. The number of anilines is 1. The summed E-state index contributed by atoms with van der Waals surface area (Å²) in [4.78, 5) is 13.0. The second-order valence-electron chi connectivity index (χ2n) is 6.64. The molecule has 1 aromatic heterocycles. The fourth-order valence-corrected chi connectivity index (χ4v) is 4.20. The zero-order valence-corrected chi connectivity index (χ0v) is 12.8. The molecule has 3 atom stereocenters. The lowest BCUT2D eigenvalue weighted by Gasteiger charge is -2.27. The summed E-state index contributed by atoms with van der Waals surface area (Å²) in [5.74, 6) is 0.825. The first-order valence-electron chi connectivity index (χ1n) is 8.39. The number of fused-ring (bicyclic) bond motifs is 2. The van der Waals surface area contributed by atoms with E-state index in [2.05, 4.69) is 19.8 Å². The highest BCUT2D eigenvalue weighted by Crippen LogP contribution is 2.41. The molecule has 0 spiro atoms. The first kappa shape index (κ1) is 14.3. The summed E-state index contributed by atoms with van der Waals surface area (Å²) in [6, 6.07) is 0.356. The molecule has 2 aliphatic heterocycles. The summed E-state index contributed by atoms with van der Waals surface area (Å²) >= 11 is 0. The van der Waals surface area contributed by atoms with Gasteiger partial charge in [0, 0.05) is 19.0 Å². The highest BCUT2D eigenvalue weighted by Gasteiger charge is 2.48. The van der Waals surface area contributed by atoms with E-state index in [1.54, 1.807) is 0 Å². The molecule has 3 heterocycles. The van der Waals surface area contributed by atoms with Gasteiger partial charge in [0.25, 0.3) is 0 Å². The van der Waals surface area contributed by atoms with Crippen LogP contribution in [-0.4, -0.2) is 59.8 Å².